The number of aliphatic hydroxyl groups is 7. The summed E-state index contributed by atoms with van der Waals surface area (Å²) in [6.07, 6.45) is 29.7. The zero-order chi connectivity index (χ0) is 47.3. The fourth-order valence-corrected chi connectivity index (χ4v) is 7.17. The number of allylic oxidation sites excluding steroid dienone is 12. The van der Waals surface area contributed by atoms with Crippen LogP contribution in [-0.2, 0) is 33.2 Å². The normalized spacial score (nSPS) is 27.2. The number of aliphatic hydroxyl groups excluding tert-OH is 7. The van der Waals surface area contributed by atoms with E-state index in [1.54, 1.807) is 0 Å². The summed E-state index contributed by atoms with van der Waals surface area (Å²) < 4.78 is 34.2. The van der Waals surface area contributed by atoms with Gasteiger partial charge in [-0.1, -0.05) is 132 Å². The summed E-state index contributed by atoms with van der Waals surface area (Å²) in [5, 5.41) is 72.0. The van der Waals surface area contributed by atoms with Crippen LogP contribution in [0.1, 0.15) is 142 Å². The number of hydrogen-bond donors (Lipinski definition) is 7. The second-order valence-electron chi connectivity index (χ2n) is 16.9. The summed E-state index contributed by atoms with van der Waals surface area (Å²) in [4.78, 5) is 13.0. The molecule has 2 heterocycles. The molecule has 2 saturated heterocycles. The highest BCUT2D eigenvalue weighted by atomic mass is 16.7. The maximum atomic E-state index is 13.0. The second-order valence-corrected chi connectivity index (χ2v) is 16.9. The number of esters is 1. The highest BCUT2D eigenvalue weighted by Gasteiger charge is 2.47. The molecule has 0 aliphatic carbocycles. The molecule has 0 aromatic heterocycles. The van der Waals surface area contributed by atoms with Crippen LogP contribution in [-0.4, -0.2) is 142 Å². The Hall–Kier alpha value is -2.57. The molecule has 0 bridgehead atoms. The van der Waals surface area contributed by atoms with Crippen molar-refractivity contribution in [2.45, 2.75) is 210 Å². The van der Waals surface area contributed by atoms with E-state index in [9.17, 15) is 40.5 Å². The highest BCUT2D eigenvalue weighted by Crippen LogP contribution is 2.26. The molecule has 0 spiro atoms. The van der Waals surface area contributed by atoms with Crippen molar-refractivity contribution in [1.29, 1.82) is 0 Å². The van der Waals surface area contributed by atoms with Crippen LogP contribution in [0.2, 0.25) is 0 Å². The lowest BCUT2D eigenvalue weighted by molar-refractivity contribution is -0.332. The summed E-state index contributed by atoms with van der Waals surface area (Å²) in [7, 11) is 0. The number of carbonyl (C=O) groups excluding carboxylic acids is 1. The molecule has 0 aromatic carbocycles. The third-order valence-corrected chi connectivity index (χ3v) is 11.2. The van der Waals surface area contributed by atoms with Gasteiger partial charge in [-0.05, 0) is 77.0 Å². The van der Waals surface area contributed by atoms with E-state index >= 15 is 0 Å². The molecular formula is C51H86O14. The molecule has 11 atom stereocenters. The lowest BCUT2D eigenvalue weighted by Crippen LogP contribution is -2.61. The fourth-order valence-electron chi connectivity index (χ4n) is 7.17. The van der Waals surface area contributed by atoms with Gasteiger partial charge in [-0.25, -0.2) is 0 Å². The second kappa shape index (κ2) is 38.4. The van der Waals surface area contributed by atoms with Crippen molar-refractivity contribution in [3.63, 3.8) is 0 Å². The number of unbranched alkanes of at least 4 members (excludes halogenated alkanes) is 11. The monoisotopic (exact) mass is 923 g/mol. The minimum Gasteiger partial charge on any atom is -0.457 e. The SMILES string of the molecule is CC/C=C\C/C=C\C/C=C\C/C=C\C/C=C\CCCCCC(=O)OC(COCCCCCCCC/C=C\CCCC)COC1OC(COC2OC(CO)C(O)C(O)C2O)C(O)C(O)C1O. The number of hydrogen-bond acceptors (Lipinski definition) is 14. The minimum absolute atomic E-state index is 0.0395. The molecular weight excluding hydrogens is 837 g/mol. The van der Waals surface area contributed by atoms with Gasteiger partial charge >= 0.3 is 5.97 Å². The predicted molar refractivity (Wildman–Crippen MR) is 252 cm³/mol. The van der Waals surface area contributed by atoms with Crippen molar-refractivity contribution < 1.29 is 69.0 Å². The van der Waals surface area contributed by atoms with Crippen LogP contribution < -0.4 is 0 Å². The Morgan fingerprint density at radius 1 is 0.523 bits per heavy atom. The topological polar surface area (TPSA) is 214 Å². The Morgan fingerprint density at radius 3 is 1.58 bits per heavy atom. The third-order valence-electron chi connectivity index (χ3n) is 11.2. The van der Waals surface area contributed by atoms with Crippen LogP contribution in [0.3, 0.4) is 0 Å². The average molecular weight is 923 g/mol. The number of ether oxygens (including phenoxy) is 6. The van der Waals surface area contributed by atoms with Crippen LogP contribution in [0.4, 0.5) is 0 Å². The maximum absolute atomic E-state index is 13.0. The summed E-state index contributed by atoms with van der Waals surface area (Å²) in [5.74, 6) is -0.413. The Morgan fingerprint density at radius 2 is 1.00 bits per heavy atom. The lowest BCUT2D eigenvalue weighted by atomic mass is 9.98. The molecule has 2 rings (SSSR count). The van der Waals surface area contributed by atoms with E-state index in [4.69, 9.17) is 28.4 Å². The Kier molecular flexibility index (Phi) is 34.6. The summed E-state index contributed by atoms with van der Waals surface area (Å²) in [6.45, 7) is 3.45. The molecule has 2 aliphatic heterocycles. The molecule has 0 aromatic rings. The lowest BCUT2D eigenvalue weighted by Gasteiger charge is -2.42. The van der Waals surface area contributed by atoms with E-state index in [0.717, 1.165) is 89.9 Å². The first kappa shape index (κ1) is 58.6. The van der Waals surface area contributed by atoms with E-state index in [-0.39, 0.29) is 19.6 Å². The molecule has 2 fully saturated rings. The first-order valence-electron chi connectivity index (χ1n) is 24.5. The Labute approximate surface area is 389 Å². The molecule has 0 amide bonds. The van der Waals surface area contributed by atoms with Crippen LogP contribution in [0.25, 0.3) is 0 Å². The molecule has 14 heteroatoms. The third kappa shape index (κ3) is 26.5. The van der Waals surface area contributed by atoms with Crippen molar-refractivity contribution >= 4 is 5.97 Å². The molecule has 374 valence electrons. The van der Waals surface area contributed by atoms with Crippen molar-refractivity contribution in [1.82, 2.24) is 0 Å². The maximum Gasteiger partial charge on any atom is 0.306 e. The molecule has 65 heavy (non-hydrogen) atoms. The van der Waals surface area contributed by atoms with Crippen LogP contribution in [0, 0.1) is 0 Å². The Balaban J connectivity index is 1.80. The van der Waals surface area contributed by atoms with Gasteiger partial charge in [-0.15, -0.1) is 0 Å². The molecule has 14 nitrogen and oxygen atoms in total. The van der Waals surface area contributed by atoms with Crippen molar-refractivity contribution in [3.05, 3.63) is 72.9 Å². The molecule has 7 N–H and O–H groups in total. The van der Waals surface area contributed by atoms with E-state index in [0.29, 0.717) is 13.0 Å². The number of carbonyl (C=O) groups is 1. The van der Waals surface area contributed by atoms with Gasteiger partial charge < -0.3 is 64.2 Å². The summed E-state index contributed by atoms with van der Waals surface area (Å²) >= 11 is 0. The molecule has 11 unspecified atom stereocenters. The first-order valence-corrected chi connectivity index (χ1v) is 24.5. The molecule has 2 aliphatic rings. The fraction of sp³-hybridized carbons (Fsp3) is 0.745. The van der Waals surface area contributed by atoms with Gasteiger partial charge in [0.15, 0.2) is 12.6 Å². The average Bonchev–Trinajstić information content (AvgIpc) is 3.30. The van der Waals surface area contributed by atoms with Crippen LogP contribution in [0.15, 0.2) is 72.9 Å². The molecule has 0 saturated carbocycles. The van der Waals surface area contributed by atoms with Gasteiger partial charge in [-0.2, -0.15) is 0 Å². The highest BCUT2D eigenvalue weighted by molar-refractivity contribution is 5.69. The summed E-state index contributed by atoms with van der Waals surface area (Å²) in [6, 6.07) is 0. The quantitative estimate of drug-likeness (QED) is 0.0196. The van der Waals surface area contributed by atoms with E-state index in [2.05, 4.69) is 86.8 Å². The predicted octanol–water partition coefficient (Wildman–Crippen LogP) is 6.73. The van der Waals surface area contributed by atoms with E-state index in [1.807, 2.05) is 0 Å². The van der Waals surface area contributed by atoms with E-state index in [1.165, 1.54) is 25.7 Å². The van der Waals surface area contributed by atoms with Gasteiger partial charge in [0.1, 0.15) is 54.9 Å². The van der Waals surface area contributed by atoms with E-state index < -0.39 is 86.7 Å². The van der Waals surface area contributed by atoms with Crippen molar-refractivity contribution in [2.24, 2.45) is 0 Å². The molecule has 0 radical (unpaired) electrons. The zero-order valence-corrected chi connectivity index (χ0v) is 39.4. The minimum atomic E-state index is -1.72. The van der Waals surface area contributed by atoms with Gasteiger partial charge in [0.05, 0.1) is 26.4 Å². The Bertz CT molecular complexity index is 1350. The number of rotatable bonds is 37. The van der Waals surface area contributed by atoms with Crippen molar-refractivity contribution in [2.75, 3.05) is 33.0 Å². The van der Waals surface area contributed by atoms with Crippen LogP contribution in [0.5, 0.6) is 0 Å². The largest absolute Gasteiger partial charge is 0.457 e. The smallest absolute Gasteiger partial charge is 0.306 e. The van der Waals surface area contributed by atoms with Gasteiger partial charge in [0, 0.05) is 13.0 Å². The zero-order valence-electron chi connectivity index (χ0n) is 39.4. The van der Waals surface area contributed by atoms with Gasteiger partial charge in [0.25, 0.3) is 0 Å². The van der Waals surface area contributed by atoms with Crippen LogP contribution >= 0.6 is 0 Å². The van der Waals surface area contributed by atoms with Gasteiger partial charge in [0.2, 0.25) is 0 Å². The van der Waals surface area contributed by atoms with Gasteiger partial charge in [-0.3, -0.25) is 4.79 Å². The summed E-state index contributed by atoms with van der Waals surface area (Å²) in [5.41, 5.74) is 0. The standard InChI is InChI=1S/C51H86O14/c1-3-5-7-9-11-13-15-17-18-19-20-21-22-23-24-26-28-30-32-34-43(53)63-40(37-60-35-33-31-29-27-25-16-14-12-10-8-6-4-2)38-61-50-49(59)47(57)45(55)42(65-50)39-62-51-48(58)46(56)44(54)41(36-52)64-51/h5,7,10-13,17-18,20-21,23-24,40-42,44-52,54-59H,3-4,6,8-9,14-16,19,22,25-39H2,1-2H3/b7-5-,12-10-,13-11-,18-17-,21-20-,24-23-. The first-order chi connectivity index (χ1) is 31.6. The van der Waals surface area contributed by atoms with Crippen molar-refractivity contribution in [3.8, 4) is 0 Å².